The number of nitrogens with one attached hydrogen (secondary N) is 1. The summed E-state index contributed by atoms with van der Waals surface area (Å²) < 4.78 is 7.36. The van der Waals surface area contributed by atoms with Crippen LogP contribution in [0.3, 0.4) is 0 Å². The van der Waals surface area contributed by atoms with Gasteiger partial charge in [-0.1, -0.05) is 29.8 Å². The number of furan rings is 1. The summed E-state index contributed by atoms with van der Waals surface area (Å²) >= 11 is 0. The lowest BCUT2D eigenvalue weighted by atomic mass is 10.1. The second-order valence-corrected chi connectivity index (χ2v) is 4.85. The molecule has 0 saturated carbocycles. The molecule has 0 aliphatic rings. The van der Waals surface area contributed by atoms with E-state index in [0.29, 0.717) is 12.2 Å². The quantitative estimate of drug-likeness (QED) is 0.794. The molecule has 2 aromatic heterocycles. The number of hydrogen-bond donors (Lipinski definition) is 1. The van der Waals surface area contributed by atoms with Crippen LogP contribution < -0.4 is 5.32 Å². The molecule has 1 amide bonds. The number of aromatic nitrogens is 1. The van der Waals surface area contributed by atoms with E-state index in [2.05, 4.69) is 36.5 Å². The summed E-state index contributed by atoms with van der Waals surface area (Å²) in [6.07, 6.45) is 1.64. The first-order valence-electron chi connectivity index (χ1n) is 6.53. The molecular formula is C16H16N2O2. The molecule has 0 atom stereocenters. The Morgan fingerprint density at radius 1 is 1.25 bits per heavy atom. The summed E-state index contributed by atoms with van der Waals surface area (Å²) in [5.41, 5.74) is 4.66. The van der Waals surface area contributed by atoms with Gasteiger partial charge in [0.25, 0.3) is 5.91 Å². The van der Waals surface area contributed by atoms with Gasteiger partial charge in [0.1, 0.15) is 5.69 Å². The fourth-order valence-corrected chi connectivity index (χ4v) is 2.34. The van der Waals surface area contributed by atoms with Gasteiger partial charge in [-0.05, 0) is 12.5 Å². The molecule has 0 saturated heterocycles. The van der Waals surface area contributed by atoms with Crippen LogP contribution in [0.2, 0.25) is 0 Å². The van der Waals surface area contributed by atoms with Crippen LogP contribution in [0.4, 0.5) is 0 Å². The summed E-state index contributed by atoms with van der Waals surface area (Å²) in [5, 5.41) is 2.67. The lowest BCUT2D eigenvalue weighted by Gasteiger charge is -2.09. The Morgan fingerprint density at radius 3 is 2.70 bits per heavy atom. The number of carbonyl (C=O) groups is 1. The second kappa shape index (κ2) is 4.89. The Kier molecular flexibility index (Phi) is 3.06. The normalized spacial score (nSPS) is 10.9. The van der Waals surface area contributed by atoms with Gasteiger partial charge in [-0.25, -0.2) is 0 Å². The van der Waals surface area contributed by atoms with E-state index >= 15 is 0 Å². The van der Waals surface area contributed by atoms with Crippen LogP contribution in [0.25, 0.3) is 11.1 Å². The molecule has 1 aromatic carbocycles. The molecule has 4 nitrogen and oxygen atoms in total. The van der Waals surface area contributed by atoms with E-state index < -0.39 is 0 Å². The topological polar surface area (TPSA) is 47.2 Å². The van der Waals surface area contributed by atoms with Crippen molar-refractivity contribution >= 4 is 17.0 Å². The van der Waals surface area contributed by atoms with Crippen molar-refractivity contribution in [3.63, 3.8) is 0 Å². The van der Waals surface area contributed by atoms with Crippen molar-refractivity contribution in [1.82, 2.24) is 9.88 Å². The summed E-state index contributed by atoms with van der Waals surface area (Å²) in [6.45, 7) is 2.70. The molecule has 4 heteroatoms. The number of amides is 1. The largest absolute Gasteiger partial charge is 0.463 e. The highest BCUT2D eigenvalue weighted by Gasteiger charge is 2.16. The first-order valence-corrected chi connectivity index (χ1v) is 6.53. The summed E-state index contributed by atoms with van der Waals surface area (Å²) in [7, 11) is 1.63. The molecule has 0 bridgehead atoms. The van der Waals surface area contributed by atoms with Gasteiger partial charge >= 0.3 is 0 Å². The van der Waals surface area contributed by atoms with Gasteiger partial charge in [0.15, 0.2) is 5.58 Å². The molecule has 0 radical (unpaired) electrons. The highest BCUT2D eigenvalue weighted by atomic mass is 16.3. The minimum absolute atomic E-state index is 0.108. The molecule has 3 aromatic rings. The molecule has 1 N–H and O–H groups in total. The van der Waals surface area contributed by atoms with E-state index in [0.717, 1.165) is 16.7 Å². The van der Waals surface area contributed by atoms with E-state index in [1.807, 2.05) is 10.6 Å². The minimum Gasteiger partial charge on any atom is -0.463 e. The van der Waals surface area contributed by atoms with Crippen molar-refractivity contribution < 1.29 is 9.21 Å². The molecule has 0 aliphatic heterocycles. The Bertz CT molecular complexity index is 750. The van der Waals surface area contributed by atoms with Gasteiger partial charge in [-0.3, -0.25) is 4.79 Å². The van der Waals surface area contributed by atoms with Crippen molar-refractivity contribution in [2.24, 2.45) is 0 Å². The van der Waals surface area contributed by atoms with Crippen molar-refractivity contribution in [2.75, 3.05) is 7.05 Å². The number of carbonyl (C=O) groups excluding carboxylic acids is 1. The third-order valence-corrected chi connectivity index (χ3v) is 3.44. The third-order valence-electron chi connectivity index (χ3n) is 3.44. The van der Waals surface area contributed by atoms with Crippen LogP contribution in [-0.2, 0) is 6.54 Å². The number of nitrogens with zero attached hydrogens (tertiary/aromatic N) is 1. The van der Waals surface area contributed by atoms with E-state index in [4.69, 9.17) is 4.42 Å². The molecule has 0 aliphatic carbocycles. The predicted octanol–water partition coefficient (Wildman–Crippen LogP) is 2.95. The van der Waals surface area contributed by atoms with E-state index in [-0.39, 0.29) is 5.91 Å². The lowest BCUT2D eigenvalue weighted by Crippen LogP contribution is -2.21. The molecule has 20 heavy (non-hydrogen) atoms. The van der Waals surface area contributed by atoms with Crippen LogP contribution >= 0.6 is 0 Å². The smallest absolute Gasteiger partial charge is 0.267 e. The standard InChI is InChI=1S/C16H16N2O2/c1-11-3-5-12(6-4-11)10-18-13-7-8-20-15(13)9-14(18)16(19)17-2/h3-9H,10H2,1-2H3,(H,17,19). The first-order chi connectivity index (χ1) is 9.69. The Labute approximate surface area is 117 Å². The van der Waals surface area contributed by atoms with E-state index in [1.165, 1.54) is 5.56 Å². The lowest BCUT2D eigenvalue weighted by molar-refractivity contribution is 0.0954. The summed E-state index contributed by atoms with van der Waals surface area (Å²) in [4.78, 5) is 12.0. The van der Waals surface area contributed by atoms with E-state index in [9.17, 15) is 4.79 Å². The maximum Gasteiger partial charge on any atom is 0.267 e. The van der Waals surface area contributed by atoms with Gasteiger partial charge in [0, 0.05) is 25.7 Å². The number of fused-ring (bicyclic) bond motifs is 1. The van der Waals surface area contributed by atoms with E-state index in [1.54, 1.807) is 19.4 Å². The molecule has 102 valence electrons. The molecule has 0 unspecified atom stereocenters. The molecule has 0 fully saturated rings. The fourth-order valence-electron chi connectivity index (χ4n) is 2.34. The minimum atomic E-state index is -0.108. The monoisotopic (exact) mass is 268 g/mol. The Balaban J connectivity index is 2.06. The SMILES string of the molecule is CNC(=O)c1cc2occc2n1Cc1ccc(C)cc1. The van der Waals surface area contributed by atoms with Crippen molar-refractivity contribution in [3.05, 3.63) is 59.5 Å². The van der Waals surface area contributed by atoms with Gasteiger partial charge in [0.2, 0.25) is 0 Å². The maximum atomic E-state index is 12.0. The van der Waals surface area contributed by atoms with Gasteiger partial charge < -0.3 is 14.3 Å². The highest BCUT2D eigenvalue weighted by Crippen LogP contribution is 2.22. The zero-order valence-electron chi connectivity index (χ0n) is 11.5. The maximum absolute atomic E-state index is 12.0. The predicted molar refractivity (Wildman–Crippen MR) is 77.9 cm³/mol. The highest BCUT2D eigenvalue weighted by molar-refractivity contribution is 5.97. The molecule has 0 spiro atoms. The van der Waals surface area contributed by atoms with Crippen LogP contribution in [0.5, 0.6) is 0 Å². The van der Waals surface area contributed by atoms with Gasteiger partial charge in [0.05, 0.1) is 11.8 Å². The second-order valence-electron chi connectivity index (χ2n) is 4.85. The van der Waals surface area contributed by atoms with Crippen LogP contribution in [0.15, 0.2) is 47.1 Å². The molecule has 3 rings (SSSR count). The number of rotatable bonds is 3. The summed E-state index contributed by atoms with van der Waals surface area (Å²) in [6, 6.07) is 12.0. The van der Waals surface area contributed by atoms with Gasteiger partial charge in [-0.2, -0.15) is 0 Å². The fraction of sp³-hybridized carbons (Fsp3) is 0.188. The molecular weight excluding hydrogens is 252 g/mol. The average Bonchev–Trinajstić information content (AvgIpc) is 3.03. The summed E-state index contributed by atoms with van der Waals surface area (Å²) in [5.74, 6) is -0.108. The average molecular weight is 268 g/mol. The van der Waals surface area contributed by atoms with Crippen LogP contribution in [-0.4, -0.2) is 17.5 Å². The zero-order valence-corrected chi connectivity index (χ0v) is 11.5. The van der Waals surface area contributed by atoms with Crippen LogP contribution in [0, 0.1) is 6.92 Å². The van der Waals surface area contributed by atoms with Crippen molar-refractivity contribution in [1.29, 1.82) is 0 Å². The van der Waals surface area contributed by atoms with Crippen LogP contribution in [0.1, 0.15) is 21.6 Å². The third kappa shape index (κ3) is 2.09. The zero-order chi connectivity index (χ0) is 14.1. The van der Waals surface area contributed by atoms with Crippen molar-refractivity contribution in [2.45, 2.75) is 13.5 Å². The first kappa shape index (κ1) is 12.5. The Morgan fingerprint density at radius 2 is 2.00 bits per heavy atom. The number of benzene rings is 1. The van der Waals surface area contributed by atoms with Crippen molar-refractivity contribution in [3.8, 4) is 0 Å². The van der Waals surface area contributed by atoms with Gasteiger partial charge in [-0.15, -0.1) is 0 Å². The number of hydrogen-bond acceptors (Lipinski definition) is 2. The molecule has 2 heterocycles. The Hall–Kier alpha value is -2.49. The number of aryl methyl sites for hydroxylation is 1.